The summed E-state index contributed by atoms with van der Waals surface area (Å²) in [5.74, 6) is -0.430. The van der Waals surface area contributed by atoms with Gasteiger partial charge >= 0.3 is 0 Å². The molecule has 1 aliphatic heterocycles. The van der Waals surface area contributed by atoms with Crippen LogP contribution in [0.1, 0.15) is 13.3 Å². The van der Waals surface area contributed by atoms with Crippen LogP contribution in [0.3, 0.4) is 0 Å². The third-order valence-electron chi connectivity index (χ3n) is 3.19. The minimum atomic E-state index is -3.84. The molecule has 0 radical (unpaired) electrons. The van der Waals surface area contributed by atoms with Crippen molar-refractivity contribution in [2.24, 2.45) is 5.92 Å². The molecule has 1 N–H and O–H groups in total. The van der Waals surface area contributed by atoms with Crippen LogP contribution in [0.15, 0.2) is 23.1 Å². The van der Waals surface area contributed by atoms with Crippen molar-refractivity contribution >= 4 is 42.9 Å². The summed E-state index contributed by atoms with van der Waals surface area (Å²) in [5.41, 5.74) is 0.347. The highest BCUT2D eigenvalue weighted by molar-refractivity contribution is 8.13. The van der Waals surface area contributed by atoms with Crippen molar-refractivity contribution in [3.8, 4) is 0 Å². The van der Waals surface area contributed by atoms with Crippen LogP contribution in [0.25, 0.3) is 0 Å². The molecular formula is C12H13Cl2NO4S. The normalized spacial score (nSPS) is 22.8. The Bertz CT molecular complexity index is 632. The van der Waals surface area contributed by atoms with Crippen molar-refractivity contribution in [2.45, 2.75) is 24.3 Å². The van der Waals surface area contributed by atoms with E-state index in [2.05, 4.69) is 5.32 Å². The van der Waals surface area contributed by atoms with Gasteiger partial charge in [0.1, 0.15) is 0 Å². The maximum absolute atomic E-state index is 12.1. The molecule has 1 aliphatic rings. The molecule has 0 bridgehead atoms. The molecule has 2 rings (SSSR count). The van der Waals surface area contributed by atoms with Crippen molar-refractivity contribution in [3.05, 3.63) is 23.2 Å². The van der Waals surface area contributed by atoms with Gasteiger partial charge in [-0.3, -0.25) is 4.79 Å². The summed E-state index contributed by atoms with van der Waals surface area (Å²) in [4.78, 5) is 12.0. The van der Waals surface area contributed by atoms with Crippen LogP contribution in [-0.4, -0.2) is 27.0 Å². The summed E-state index contributed by atoms with van der Waals surface area (Å²) in [7, 11) is 1.38. The summed E-state index contributed by atoms with van der Waals surface area (Å²) in [6, 6.07) is 3.91. The largest absolute Gasteiger partial charge is 0.378 e. The van der Waals surface area contributed by atoms with Gasteiger partial charge in [0.25, 0.3) is 9.05 Å². The fourth-order valence-corrected chi connectivity index (χ4v) is 3.12. The van der Waals surface area contributed by atoms with Gasteiger partial charge in [0.2, 0.25) is 5.91 Å². The molecule has 2 atom stereocenters. The molecule has 1 amide bonds. The van der Waals surface area contributed by atoms with E-state index in [-0.39, 0.29) is 27.8 Å². The second kappa shape index (κ2) is 5.89. The molecule has 110 valence electrons. The molecule has 20 heavy (non-hydrogen) atoms. The molecule has 0 aromatic heterocycles. The molecule has 1 saturated heterocycles. The lowest BCUT2D eigenvalue weighted by molar-refractivity contribution is -0.121. The molecule has 0 aliphatic carbocycles. The van der Waals surface area contributed by atoms with Crippen molar-refractivity contribution in [2.75, 3.05) is 11.9 Å². The highest BCUT2D eigenvalue weighted by Gasteiger charge is 2.31. The van der Waals surface area contributed by atoms with Crippen molar-refractivity contribution in [1.82, 2.24) is 0 Å². The van der Waals surface area contributed by atoms with Crippen molar-refractivity contribution in [3.63, 3.8) is 0 Å². The van der Waals surface area contributed by atoms with Gasteiger partial charge in [0, 0.05) is 17.3 Å². The molecule has 8 heteroatoms. The first-order valence-corrected chi connectivity index (χ1v) is 8.64. The number of rotatable bonds is 3. The Morgan fingerprint density at radius 2 is 2.15 bits per heavy atom. The first-order chi connectivity index (χ1) is 9.29. The number of hydrogen-bond acceptors (Lipinski definition) is 4. The summed E-state index contributed by atoms with van der Waals surface area (Å²) in [6.45, 7) is 2.39. The van der Waals surface area contributed by atoms with Crippen LogP contribution in [0.4, 0.5) is 5.69 Å². The number of nitrogens with one attached hydrogen (secondary N) is 1. The number of halogens is 2. The Kier molecular flexibility index (Phi) is 4.59. The number of anilines is 1. The maximum atomic E-state index is 12.1. The van der Waals surface area contributed by atoms with Crippen LogP contribution in [0.2, 0.25) is 5.02 Å². The van der Waals surface area contributed by atoms with E-state index < -0.39 is 9.05 Å². The molecule has 1 fully saturated rings. The molecular weight excluding hydrogens is 325 g/mol. The van der Waals surface area contributed by atoms with E-state index in [1.807, 2.05) is 6.92 Å². The SMILES string of the molecule is CC1OCCC1C(=O)Nc1ccc(S(=O)(=O)Cl)cc1Cl. The number of hydrogen-bond donors (Lipinski definition) is 1. The molecule has 0 saturated carbocycles. The number of benzene rings is 1. The van der Waals surface area contributed by atoms with Crippen LogP contribution in [0, 0.1) is 5.92 Å². The highest BCUT2D eigenvalue weighted by Crippen LogP contribution is 2.28. The molecule has 2 unspecified atom stereocenters. The number of carbonyl (C=O) groups excluding carboxylic acids is 1. The first-order valence-electron chi connectivity index (χ1n) is 5.95. The van der Waals surface area contributed by atoms with E-state index in [4.69, 9.17) is 27.0 Å². The molecule has 5 nitrogen and oxygen atoms in total. The van der Waals surface area contributed by atoms with Crippen molar-refractivity contribution in [1.29, 1.82) is 0 Å². The van der Waals surface area contributed by atoms with Crippen LogP contribution < -0.4 is 5.32 Å². The summed E-state index contributed by atoms with van der Waals surface area (Å²) in [6.07, 6.45) is 0.509. The van der Waals surface area contributed by atoms with Crippen LogP contribution >= 0.6 is 22.3 Å². The predicted molar refractivity (Wildman–Crippen MR) is 76.6 cm³/mol. The predicted octanol–water partition coefficient (Wildman–Crippen LogP) is 2.63. The fraction of sp³-hybridized carbons (Fsp3) is 0.417. The third-order valence-corrected chi connectivity index (χ3v) is 4.86. The lowest BCUT2D eigenvalue weighted by atomic mass is 10.0. The number of amides is 1. The van der Waals surface area contributed by atoms with Gasteiger partial charge < -0.3 is 10.1 Å². The van der Waals surface area contributed by atoms with E-state index >= 15 is 0 Å². The monoisotopic (exact) mass is 337 g/mol. The lowest BCUT2D eigenvalue weighted by Gasteiger charge is -2.15. The van der Waals surface area contributed by atoms with Gasteiger partial charge in [0.05, 0.1) is 27.6 Å². The van der Waals surface area contributed by atoms with Crippen LogP contribution in [-0.2, 0) is 18.6 Å². The van der Waals surface area contributed by atoms with E-state index in [9.17, 15) is 13.2 Å². The summed E-state index contributed by atoms with van der Waals surface area (Å²) < 4.78 is 27.7. The Hall–Kier alpha value is -0.820. The zero-order chi connectivity index (χ0) is 14.9. The molecule has 1 heterocycles. The Morgan fingerprint density at radius 3 is 2.65 bits per heavy atom. The number of ether oxygens (including phenoxy) is 1. The minimum absolute atomic E-state index is 0.111. The highest BCUT2D eigenvalue weighted by atomic mass is 35.7. The van der Waals surface area contributed by atoms with E-state index in [1.54, 1.807) is 0 Å². The summed E-state index contributed by atoms with van der Waals surface area (Å²) >= 11 is 5.95. The number of carbonyl (C=O) groups is 1. The zero-order valence-corrected chi connectivity index (χ0v) is 12.9. The smallest absolute Gasteiger partial charge is 0.261 e. The molecule has 0 spiro atoms. The quantitative estimate of drug-likeness (QED) is 0.860. The Morgan fingerprint density at radius 1 is 1.45 bits per heavy atom. The third kappa shape index (κ3) is 3.44. The fourth-order valence-electron chi connectivity index (χ4n) is 2.05. The standard InChI is InChI=1S/C12H13Cl2NO4S/c1-7-9(4-5-19-7)12(16)15-11-3-2-8(6-10(11)13)20(14,17)18/h2-3,6-7,9H,4-5H2,1H3,(H,15,16). The van der Waals surface area contributed by atoms with Gasteiger partial charge in [-0.05, 0) is 31.5 Å². The Labute approximate surface area is 126 Å². The lowest BCUT2D eigenvalue weighted by Crippen LogP contribution is -2.27. The summed E-state index contributed by atoms with van der Waals surface area (Å²) in [5, 5.41) is 2.79. The first kappa shape index (κ1) is 15.6. The second-order valence-electron chi connectivity index (χ2n) is 4.54. The maximum Gasteiger partial charge on any atom is 0.261 e. The van der Waals surface area contributed by atoms with E-state index in [0.717, 1.165) is 0 Å². The van der Waals surface area contributed by atoms with Gasteiger partial charge in [-0.15, -0.1) is 0 Å². The minimum Gasteiger partial charge on any atom is -0.378 e. The van der Waals surface area contributed by atoms with E-state index in [0.29, 0.717) is 18.7 Å². The van der Waals surface area contributed by atoms with Gasteiger partial charge in [-0.1, -0.05) is 11.6 Å². The zero-order valence-electron chi connectivity index (χ0n) is 10.6. The molecule has 1 aromatic rings. The average molecular weight is 338 g/mol. The topological polar surface area (TPSA) is 72.5 Å². The Balaban J connectivity index is 2.16. The van der Waals surface area contributed by atoms with Gasteiger partial charge in [0.15, 0.2) is 0 Å². The van der Waals surface area contributed by atoms with Gasteiger partial charge in [-0.2, -0.15) is 0 Å². The van der Waals surface area contributed by atoms with Crippen LogP contribution in [0.5, 0.6) is 0 Å². The second-order valence-corrected chi connectivity index (χ2v) is 7.51. The van der Waals surface area contributed by atoms with Crippen molar-refractivity contribution < 1.29 is 17.9 Å². The average Bonchev–Trinajstić information content (AvgIpc) is 2.76. The van der Waals surface area contributed by atoms with Gasteiger partial charge in [-0.25, -0.2) is 8.42 Å². The van der Waals surface area contributed by atoms with E-state index in [1.165, 1.54) is 18.2 Å². The molecule has 1 aromatic carbocycles.